The SMILES string of the molecule is CCC(C)(CC)NC(=O)CC1COCCN1.Cl. The quantitative estimate of drug-likeness (QED) is 0.791. The minimum Gasteiger partial charge on any atom is -0.378 e. The fourth-order valence-corrected chi connectivity index (χ4v) is 1.79. The smallest absolute Gasteiger partial charge is 0.222 e. The van der Waals surface area contributed by atoms with Gasteiger partial charge in [-0.2, -0.15) is 0 Å². The molecule has 1 saturated heterocycles. The van der Waals surface area contributed by atoms with Crippen molar-refractivity contribution in [3.05, 3.63) is 0 Å². The maximum absolute atomic E-state index is 11.8. The Bertz CT molecular complexity index is 227. The van der Waals surface area contributed by atoms with Crippen LogP contribution in [0, 0.1) is 0 Å². The van der Waals surface area contributed by atoms with Gasteiger partial charge in [0.1, 0.15) is 0 Å². The molecule has 1 aliphatic heterocycles. The van der Waals surface area contributed by atoms with Crippen molar-refractivity contribution >= 4 is 18.3 Å². The molecule has 1 amide bonds. The molecule has 0 radical (unpaired) electrons. The first-order valence-electron chi connectivity index (χ1n) is 6.22. The molecular weight excluding hydrogens is 240 g/mol. The molecule has 0 aromatic carbocycles. The van der Waals surface area contributed by atoms with Crippen LogP contribution in [0.4, 0.5) is 0 Å². The van der Waals surface area contributed by atoms with Crippen LogP contribution in [0.3, 0.4) is 0 Å². The summed E-state index contributed by atoms with van der Waals surface area (Å²) in [5, 5.41) is 6.39. The molecule has 1 unspecified atom stereocenters. The van der Waals surface area contributed by atoms with Crippen LogP contribution in [0.15, 0.2) is 0 Å². The maximum Gasteiger partial charge on any atom is 0.222 e. The summed E-state index contributed by atoms with van der Waals surface area (Å²) in [5.74, 6) is 0.120. The van der Waals surface area contributed by atoms with Gasteiger partial charge in [0.25, 0.3) is 0 Å². The standard InChI is InChI=1S/C12H24N2O2.ClH/c1-4-12(3,5-2)14-11(15)8-10-9-16-7-6-13-10;/h10,13H,4-9H2,1-3H3,(H,14,15);1H. The van der Waals surface area contributed by atoms with Crippen molar-refractivity contribution in [3.63, 3.8) is 0 Å². The lowest BCUT2D eigenvalue weighted by atomic mass is 9.95. The van der Waals surface area contributed by atoms with Crippen molar-refractivity contribution in [1.29, 1.82) is 0 Å². The number of halogens is 1. The van der Waals surface area contributed by atoms with Gasteiger partial charge >= 0.3 is 0 Å². The van der Waals surface area contributed by atoms with E-state index in [1.807, 2.05) is 0 Å². The monoisotopic (exact) mass is 264 g/mol. The van der Waals surface area contributed by atoms with E-state index in [1.165, 1.54) is 0 Å². The summed E-state index contributed by atoms with van der Waals surface area (Å²) < 4.78 is 5.32. The summed E-state index contributed by atoms with van der Waals surface area (Å²) in [4.78, 5) is 11.8. The van der Waals surface area contributed by atoms with Gasteiger partial charge in [0.05, 0.1) is 13.2 Å². The zero-order valence-corrected chi connectivity index (χ0v) is 11.9. The zero-order valence-electron chi connectivity index (χ0n) is 11.0. The van der Waals surface area contributed by atoms with Crippen molar-refractivity contribution in [3.8, 4) is 0 Å². The summed E-state index contributed by atoms with van der Waals surface area (Å²) in [6, 6.07) is 0.173. The van der Waals surface area contributed by atoms with Crippen LogP contribution in [-0.4, -0.2) is 37.2 Å². The topological polar surface area (TPSA) is 50.4 Å². The summed E-state index contributed by atoms with van der Waals surface area (Å²) in [6.07, 6.45) is 2.43. The van der Waals surface area contributed by atoms with Gasteiger partial charge in [-0.15, -0.1) is 12.4 Å². The van der Waals surface area contributed by atoms with E-state index in [1.54, 1.807) is 0 Å². The predicted molar refractivity (Wildman–Crippen MR) is 71.6 cm³/mol. The Morgan fingerprint density at radius 2 is 2.12 bits per heavy atom. The highest BCUT2D eigenvalue weighted by molar-refractivity contribution is 5.85. The molecule has 0 spiro atoms. The maximum atomic E-state index is 11.8. The Hall–Kier alpha value is -0.320. The van der Waals surface area contributed by atoms with E-state index >= 15 is 0 Å². The van der Waals surface area contributed by atoms with E-state index in [9.17, 15) is 4.79 Å². The van der Waals surface area contributed by atoms with Crippen LogP contribution in [0.25, 0.3) is 0 Å². The molecule has 1 heterocycles. The Morgan fingerprint density at radius 1 is 1.47 bits per heavy atom. The van der Waals surface area contributed by atoms with Crippen LogP contribution in [0.2, 0.25) is 0 Å². The normalized spacial score (nSPS) is 20.5. The van der Waals surface area contributed by atoms with Crippen LogP contribution >= 0.6 is 12.4 Å². The molecule has 2 N–H and O–H groups in total. The lowest BCUT2D eigenvalue weighted by Crippen LogP contribution is -2.49. The van der Waals surface area contributed by atoms with Crippen molar-refractivity contribution < 1.29 is 9.53 Å². The average molecular weight is 265 g/mol. The molecule has 1 fully saturated rings. The van der Waals surface area contributed by atoms with E-state index in [4.69, 9.17) is 4.74 Å². The first-order valence-corrected chi connectivity index (χ1v) is 6.22. The number of nitrogens with one attached hydrogen (secondary N) is 2. The Kier molecular flexibility index (Phi) is 7.75. The lowest BCUT2D eigenvalue weighted by Gasteiger charge is -2.30. The van der Waals surface area contributed by atoms with E-state index in [0.29, 0.717) is 13.0 Å². The molecule has 17 heavy (non-hydrogen) atoms. The number of ether oxygens (including phenoxy) is 1. The first kappa shape index (κ1) is 16.7. The highest BCUT2D eigenvalue weighted by Crippen LogP contribution is 2.14. The number of hydrogen-bond donors (Lipinski definition) is 2. The van der Waals surface area contributed by atoms with Crippen LogP contribution < -0.4 is 10.6 Å². The summed E-state index contributed by atoms with van der Waals surface area (Å²) in [6.45, 7) is 8.53. The van der Waals surface area contributed by atoms with E-state index < -0.39 is 0 Å². The number of amides is 1. The highest BCUT2D eigenvalue weighted by Gasteiger charge is 2.24. The van der Waals surface area contributed by atoms with Crippen LogP contribution in [0.1, 0.15) is 40.0 Å². The van der Waals surface area contributed by atoms with Gasteiger partial charge in [-0.25, -0.2) is 0 Å². The summed E-state index contributed by atoms with van der Waals surface area (Å²) in [7, 11) is 0. The molecule has 0 aromatic heterocycles. The van der Waals surface area contributed by atoms with E-state index in [0.717, 1.165) is 26.0 Å². The second-order valence-electron chi connectivity index (χ2n) is 4.75. The van der Waals surface area contributed by atoms with Crippen molar-refractivity contribution in [2.45, 2.75) is 51.6 Å². The molecule has 5 heteroatoms. The molecule has 0 bridgehead atoms. The van der Waals surface area contributed by atoms with Gasteiger partial charge in [-0.05, 0) is 19.8 Å². The third-order valence-corrected chi connectivity index (χ3v) is 3.43. The molecule has 0 aromatic rings. The third-order valence-electron chi connectivity index (χ3n) is 3.43. The summed E-state index contributed by atoms with van der Waals surface area (Å²) >= 11 is 0. The third kappa shape index (κ3) is 5.70. The molecule has 1 rings (SSSR count). The highest BCUT2D eigenvalue weighted by atomic mass is 35.5. The molecular formula is C12H25ClN2O2. The van der Waals surface area contributed by atoms with Crippen LogP contribution in [0.5, 0.6) is 0 Å². The minimum absolute atomic E-state index is 0. The molecule has 0 saturated carbocycles. The van der Waals surface area contributed by atoms with Gasteiger partial charge in [-0.3, -0.25) is 4.79 Å². The van der Waals surface area contributed by atoms with Crippen LogP contribution in [-0.2, 0) is 9.53 Å². The zero-order chi connectivity index (χ0) is 12.0. The molecule has 1 aliphatic rings. The fraction of sp³-hybridized carbons (Fsp3) is 0.917. The van der Waals surface area contributed by atoms with Crippen molar-refractivity contribution in [2.24, 2.45) is 0 Å². The van der Waals surface area contributed by atoms with Gasteiger partial charge < -0.3 is 15.4 Å². The van der Waals surface area contributed by atoms with Gasteiger partial charge in [0, 0.05) is 24.5 Å². The average Bonchev–Trinajstić information content (AvgIpc) is 2.30. The number of carbonyl (C=O) groups excluding carboxylic acids is 1. The number of carbonyl (C=O) groups is 1. The first-order chi connectivity index (χ1) is 7.59. The Labute approximate surface area is 110 Å². The molecule has 4 nitrogen and oxygen atoms in total. The fourth-order valence-electron chi connectivity index (χ4n) is 1.79. The van der Waals surface area contributed by atoms with Crippen molar-refractivity contribution in [2.75, 3.05) is 19.8 Å². The Morgan fingerprint density at radius 3 is 2.59 bits per heavy atom. The largest absolute Gasteiger partial charge is 0.378 e. The molecule has 0 aliphatic carbocycles. The molecule has 1 atom stereocenters. The van der Waals surface area contributed by atoms with Crippen molar-refractivity contribution in [1.82, 2.24) is 10.6 Å². The lowest BCUT2D eigenvalue weighted by molar-refractivity contribution is -0.124. The van der Waals surface area contributed by atoms with Gasteiger partial charge in [-0.1, -0.05) is 13.8 Å². The number of hydrogen-bond acceptors (Lipinski definition) is 3. The Balaban J connectivity index is 0.00000256. The number of rotatable bonds is 5. The molecule has 102 valence electrons. The van der Waals surface area contributed by atoms with E-state index in [2.05, 4.69) is 31.4 Å². The van der Waals surface area contributed by atoms with Gasteiger partial charge in [0.15, 0.2) is 0 Å². The van der Waals surface area contributed by atoms with Gasteiger partial charge in [0.2, 0.25) is 5.91 Å². The second-order valence-corrected chi connectivity index (χ2v) is 4.75. The summed E-state index contributed by atoms with van der Waals surface area (Å²) in [5.41, 5.74) is -0.0629. The van der Waals surface area contributed by atoms with E-state index in [-0.39, 0.29) is 29.9 Å². The predicted octanol–water partition coefficient (Wildman–Crippen LogP) is 1.48. The second kappa shape index (κ2) is 7.90. The number of morpholine rings is 1. The minimum atomic E-state index is -0.0629.